The van der Waals surface area contributed by atoms with Gasteiger partial charge in [-0.2, -0.15) is 5.10 Å². The SMILES string of the molecule is N=C(N)N/N=C1/CCCc2c1ccn2S(=O)(=O)c1ccc(Br)cc1. The van der Waals surface area contributed by atoms with Crippen molar-refractivity contribution >= 4 is 37.6 Å². The van der Waals surface area contributed by atoms with Gasteiger partial charge in [-0.25, -0.2) is 17.8 Å². The number of halogens is 1. The lowest BCUT2D eigenvalue weighted by molar-refractivity contribution is 0.584. The van der Waals surface area contributed by atoms with Crippen LogP contribution in [0.5, 0.6) is 0 Å². The lowest BCUT2D eigenvalue weighted by atomic mass is 9.96. The second kappa shape index (κ2) is 6.40. The summed E-state index contributed by atoms with van der Waals surface area (Å²) in [5.41, 5.74) is 9.86. The molecule has 1 aliphatic carbocycles. The van der Waals surface area contributed by atoms with Gasteiger partial charge in [-0.05, 0) is 49.6 Å². The molecule has 9 heteroatoms. The van der Waals surface area contributed by atoms with Crippen molar-refractivity contribution in [3.05, 3.63) is 52.3 Å². The Hall–Kier alpha value is -2.13. The number of rotatable bonds is 3. The predicted molar refractivity (Wildman–Crippen MR) is 95.7 cm³/mol. The molecule has 0 fully saturated rings. The molecule has 0 atom stereocenters. The molecule has 0 radical (unpaired) electrons. The Balaban J connectivity index is 2.04. The third-order valence-corrected chi connectivity index (χ3v) is 6.03. The molecule has 0 saturated carbocycles. The zero-order valence-corrected chi connectivity index (χ0v) is 15.1. The number of nitrogens with one attached hydrogen (secondary N) is 2. The molecule has 2 aromatic rings. The zero-order chi connectivity index (χ0) is 17.3. The molecule has 7 nitrogen and oxygen atoms in total. The van der Waals surface area contributed by atoms with Crippen molar-refractivity contribution in [2.75, 3.05) is 0 Å². The van der Waals surface area contributed by atoms with E-state index in [0.717, 1.165) is 16.5 Å². The number of hydrogen-bond acceptors (Lipinski definition) is 4. The fourth-order valence-corrected chi connectivity index (χ4v) is 4.37. The number of benzene rings is 1. The molecule has 0 amide bonds. The van der Waals surface area contributed by atoms with E-state index in [1.54, 1.807) is 36.5 Å². The molecule has 126 valence electrons. The second-order valence-corrected chi connectivity index (χ2v) is 8.10. The van der Waals surface area contributed by atoms with Crippen LogP contribution in [-0.4, -0.2) is 24.1 Å². The number of fused-ring (bicyclic) bond motifs is 1. The van der Waals surface area contributed by atoms with Crippen LogP contribution in [0.1, 0.15) is 24.1 Å². The minimum Gasteiger partial charge on any atom is -0.369 e. The van der Waals surface area contributed by atoms with E-state index in [4.69, 9.17) is 11.1 Å². The van der Waals surface area contributed by atoms with Crippen LogP contribution in [0.15, 0.2) is 51.0 Å². The van der Waals surface area contributed by atoms with Crippen molar-refractivity contribution in [3.63, 3.8) is 0 Å². The first-order valence-electron chi connectivity index (χ1n) is 7.28. The van der Waals surface area contributed by atoms with E-state index < -0.39 is 10.0 Å². The van der Waals surface area contributed by atoms with E-state index in [1.165, 1.54) is 3.97 Å². The Kier molecular flexibility index (Phi) is 4.46. The first kappa shape index (κ1) is 16.7. The monoisotopic (exact) mass is 409 g/mol. The maximum Gasteiger partial charge on any atom is 0.267 e. The van der Waals surface area contributed by atoms with Gasteiger partial charge in [0.15, 0.2) is 0 Å². The quantitative estimate of drug-likeness (QED) is 0.408. The van der Waals surface area contributed by atoms with Gasteiger partial charge in [0.2, 0.25) is 5.96 Å². The van der Waals surface area contributed by atoms with Gasteiger partial charge >= 0.3 is 0 Å². The summed E-state index contributed by atoms with van der Waals surface area (Å²) in [6.07, 6.45) is 3.69. The van der Waals surface area contributed by atoms with Gasteiger partial charge < -0.3 is 5.73 Å². The largest absolute Gasteiger partial charge is 0.369 e. The number of hydrogen-bond donors (Lipinski definition) is 3. The van der Waals surface area contributed by atoms with Crippen LogP contribution in [0.25, 0.3) is 0 Å². The summed E-state index contributed by atoms with van der Waals surface area (Å²) in [5, 5.41) is 11.3. The molecule has 1 aromatic carbocycles. The summed E-state index contributed by atoms with van der Waals surface area (Å²) in [6, 6.07) is 8.28. The van der Waals surface area contributed by atoms with Gasteiger partial charge in [-0.3, -0.25) is 5.41 Å². The Morgan fingerprint density at radius 1 is 1.25 bits per heavy atom. The minimum absolute atomic E-state index is 0.232. The molecule has 24 heavy (non-hydrogen) atoms. The molecule has 0 bridgehead atoms. The van der Waals surface area contributed by atoms with Crippen LogP contribution < -0.4 is 11.2 Å². The summed E-state index contributed by atoms with van der Waals surface area (Å²) in [4.78, 5) is 0.232. The van der Waals surface area contributed by atoms with E-state index in [2.05, 4.69) is 26.5 Å². The number of guanidine groups is 1. The van der Waals surface area contributed by atoms with Crippen molar-refractivity contribution in [1.29, 1.82) is 5.41 Å². The molecular formula is C15H16BrN5O2S. The average Bonchev–Trinajstić information content (AvgIpc) is 2.98. The van der Waals surface area contributed by atoms with E-state index in [0.29, 0.717) is 24.2 Å². The van der Waals surface area contributed by atoms with Crippen molar-refractivity contribution in [3.8, 4) is 0 Å². The van der Waals surface area contributed by atoms with Crippen LogP contribution in [-0.2, 0) is 16.4 Å². The molecule has 1 aromatic heterocycles. The summed E-state index contributed by atoms with van der Waals surface area (Å²) in [5.74, 6) is -0.253. The number of aromatic nitrogens is 1. The highest BCUT2D eigenvalue weighted by atomic mass is 79.9. The molecule has 0 unspecified atom stereocenters. The fraction of sp³-hybridized carbons (Fsp3) is 0.200. The van der Waals surface area contributed by atoms with E-state index >= 15 is 0 Å². The van der Waals surface area contributed by atoms with Gasteiger partial charge in [-0.15, -0.1) is 0 Å². The van der Waals surface area contributed by atoms with E-state index in [-0.39, 0.29) is 10.9 Å². The smallest absolute Gasteiger partial charge is 0.267 e. The molecular weight excluding hydrogens is 394 g/mol. The standard InChI is InChI=1S/C15H16BrN5O2S/c16-10-4-6-11(7-5-10)24(22,23)21-9-8-12-13(19-20-15(17)18)2-1-3-14(12)21/h4-9H,1-3H2,(H4,17,18,20)/b19-13-. The summed E-state index contributed by atoms with van der Waals surface area (Å²) >= 11 is 3.31. The molecule has 0 saturated heterocycles. The zero-order valence-electron chi connectivity index (χ0n) is 12.7. The van der Waals surface area contributed by atoms with Crippen molar-refractivity contribution in [1.82, 2.24) is 9.40 Å². The first-order valence-corrected chi connectivity index (χ1v) is 9.51. The van der Waals surface area contributed by atoms with E-state index in [1.807, 2.05) is 0 Å². The third kappa shape index (κ3) is 3.09. The number of hydrazone groups is 1. The number of nitrogens with zero attached hydrogens (tertiary/aromatic N) is 2. The van der Waals surface area contributed by atoms with Gasteiger partial charge in [0.05, 0.1) is 10.6 Å². The lowest BCUT2D eigenvalue weighted by Crippen LogP contribution is -2.28. The topological polar surface area (TPSA) is 113 Å². The highest BCUT2D eigenvalue weighted by Crippen LogP contribution is 2.27. The lowest BCUT2D eigenvalue weighted by Gasteiger charge is -2.17. The molecule has 4 N–H and O–H groups in total. The molecule has 1 aliphatic rings. The fourth-order valence-electron chi connectivity index (χ4n) is 2.70. The highest BCUT2D eigenvalue weighted by Gasteiger charge is 2.26. The third-order valence-electron chi connectivity index (χ3n) is 3.77. The van der Waals surface area contributed by atoms with Crippen LogP contribution in [0.4, 0.5) is 0 Å². The number of nitrogens with two attached hydrogens (primary N) is 1. The van der Waals surface area contributed by atoms with E-state index in [9.17, 15) is 8.42 Å². The van der Waals surface area contributed by atoms with Crippen LogP contribution in [0, 0.1) is 5.41 Å². The average molecular weight is 410 g/mol. The van der Waals surface area contributed by atoms with Crippen LogP contribution in [0.3, 0.4) is 0 Å². The van der Waals surface area contributed by atoms with Gasteiger partial charge in [0.25, 0.3) is 10.0 Å². The Labute approximate surface area is 148 Å². The summed E-state index contributed by atoms with van der Waals surface area (Å²) in [7, 11) is -3.66. The molecule has 3 rings (SSSR count). The Morgan fingerprint density at radius 2 is 1.96 bits per heavy atom. The highest BCUT2D eigenvalue weighted by molar-refractivity contribution is 9.10. The van der Waals surface area contributed by atoms with Gasteiger partial charge in [0.1, 0.15) is 0 Å². The van der Waals surface area contributed by atoms with Crippen LogP contribution >= 0.6 is 15.9 Å². The summed E-state index contributed by atoms with van der Waals surface area (Å²) < 4.78 is 27.9. The van der Waals surface area contributed by atoms with Crippen molar-refractivity contribution in [2.45, 2.75) is 24.2 Å². The van der Waals surface area contributed by atoms with Gasteiger partial charge in [0, 0.05) is 21.9 Å². The van der Waals surface area contributed by atoms with Gasteiger partial charge in [-0.1, -0.05) is 15.9 Å². The maximum absolute atomic E-state index is 12.9. The van der Waals surface area contributed by atoms with Crippen LogP contribution in [0.2, 0.25) is 0 Å². The second-order valence-electron chi connectivity index (χ2n) is 5.37. The first-order chi connectivity index (χ1) is 11.4. The van der Waals surface area contributed by atoms with Crippen molar-refractivity contribution in [2.24, 2.45) is 10.8 Å². The molecule has 1 heterocycles. The van der Waals surface area contributed by atoms with Crippen molar-refractivity contribution < 1.29 is 8.42 Å². The normalized spacial score (nSPS) is 16.0. The minimum atomic E-state index is -3.66. The molecule has 0 spiro atoms. The predicted octanol–water partition coefficient (Wildman–Crippen LogP) is 2.01. The summed E-state index contributed by atoms with van der Waals surface area (Å²) in [6.45, 7) is 0. The molecule has 0 aliphatic heterocycles. The maximum atomic E-state index is 12.9. The Morgan fingerprint density at radius 3 is 2.62 bits per heavy atom. The Bertz CT molecular complexity index is 916.